The zero-order valence-corrected chi connectivity index (χ0v) is 36.7. The second-order valence-corrected chi connectivity index (χ2v) is 19.9. The van der Waals surface area contributed by atoms with E-state index in [0.29, 0.717) is 76.8 Å². The predicted octanol–water partition coefficient (Wildman–Crippen LogP) is 9.28. The van der Waals surface area contributed by atoms with Crippen molar-refractivity contribution in [2.45, 2.75) is 121 Å². The second-order valence-electron chi connectivity index (χ2n) is 19.9. The van der Waals surface area contributed by atoms with Crippen molar-refractivity contribution in [1.82, 2.24) is 38.2 Å². The normalized spacial score (nSPS) is 21.7. The maximum Gasteiger partial charge on any atom is 0.338 e. The summed E-state index contributed by atoms with van der Waals surface area (Å²) in [5.74, 6) is -0.221. The Bertz CT molecular complexity index is 3230. The summed E-state index contributed by atoms with van der Waals surface area (Å²) in [7, 11) is 0. The minimum Gasteiger partial charge on any atom is -0.376 e. The molecule has 4 aromatic heterocycles. The second kappa shape index (κ2) is 13.4. The van der Waals surface area contributed by atoms with E-state index >= 15 is 13.6 Å². The number of aryl methyl sites for hydroxylation is 2. The highest BCUT2D eigenvalue weighted by molar-refractivity contribution is 6.00. The summed E-state index contributed by atoms with van der Waals surface area (Å²) in [6, 6.07) is 17.2. The SMILES string of the molecule is Cc1cc(-n2nc3c(c2-n2ccn(-c4cc(F)c5c(cnn5C5CC5)c4)c2=O)[C@H](C)N(C(=O)c2cc4cc([C@H]5CCOC(C)(C)C5)ccc4n2C2(C#N)CC2)CC32CC2)cc(C)c1F. The number of imidazole rings is 1. The Kier molecular flexibility index (Phi) is 8.20. The highest BCUT2D eigenvalue weighted by Crippen LogP contribution is 2.56. The molecular formula is C50H49F2N9O3. The Morgan fingerprint density at radius 3 is 2.36 bits per heavy atom. The van der Waals surface area contributed by atoms with Crippen molar-refractivity contribution in [2.75, 3.05) is 13.2 Å². The van der Waals surface area contributed by atoms with Crippen molar-refractivity contribution in [1.29, 1.82) is 5.26 Å². The maximum atomic E-state index is 15.9. The van der Waals surface area contributed by atoms with Gasteiger partial charge in [-0.25, -0.2) is 18.3 Å². The maximum absolute atomic E-state index is 15.9. The number of amides is 1. The molecule has 2 aliphatic heterocycles. The van der Waals surface area contributed by atoms with E-state index in [9.17, 15) is 10.1 Å². The van der Waals surface area contributed by atoms with E-state index in [2.05, 4.69) is 43.2 Å². The Balaban J connectivity index is 1.00. The lowest BCUT2D eigenvalue weighted by Crippen LogP contribution is -2.45. The standard InChI is InChI=1S/C50H49F2N9O3/c1-28-18-37(19-29(2)42(28)52)61-45(57-16-15-56(47(57)63)36-21-34-25-54-60(35-7-8-35)43(34)38(51)23-36)41-30(3)58(27-49(11-12-49)44(41)55-61)46(62)40-22-33-20-31(32-10-17-64-48(4,5)24-32)6-9-39(33)59(40)50(26-53)13-14-50/h6,9,15-16,18-23,25,30,32,35H,7-8,10-14,17,24,27H2,1-5H3/t30-,32-/m0/s1. The summed E-state index contributed by atoms with van der Waals surface area (Å²) in [6.07, 6.45) is 11.5. The van der Waals surface area contributed by atoms with Crippen LogP contribution >= 0.6 is 0 Å². The molecule has 6 heterocycles. The van der Waals surface area contributed by atoms with Crippen LogP contribution in [-0.2, 0) is 15.7 Å². The lowest BCUT2D eigenvalue weighted by molar-refractivity contribution is -0.0592. The molecule has 1 saturated heterocycles. The van der Waals surface area contributed by atoms with Gasteiger partial charge in [-0.1, -0.05) is 6.07 Å². The molecule has 0 bridgehead atoms. The molecule has 0 radical (unpaired) electrons. The first-order valence-corrected chi connectivity index (χ1v) is 22.6. The third-order valence-electron chi connectivity index (χ3n) is 14.9. The van der Waals surface area contributed by atoms with Crippen LogP contribution in [0.5, 0.6) is 0 Å². The van der Waals surface area contributed by atoms with Crippen molar-refractivity contribution in [3.63, 3.8) is 0 Å². The topological polar surface area (TPSA) is 121 Å². The minimum absolute atomic E-state index is 0.183. The number of rotatable bonds is 7. The van der Waals surface area contributed by atoms with Gasteiger partial charge in [0.05, 0.1) is 52.5 Å². The molecule has 2 atom stereocenters. The number of hydrogen-bond acceptors (Lipinski definition) is 6. The Morgan fingerprint density at radius 1 is 0.922 bits per heavy atom. The van der Waals surface area contributed by atoms with E-state index in [0.717, 1.165) is 60.7 Å². The fraction of sp³-hybridized carbons (Fsp3) is 0.420. The van der Waals surface area contributed by atoms with Gasteiger partial charge in [0.2, 0.25) is 0 Å². The fourth-order valence-corrected chi connectivity index (χ4v) is 11.0. The lowest BCUT2D eigenvalue weighted by Gasteiger charge is -2.38. The fourth-order valence-electron chi connectivity index (χ4n) is 11.0. The molecule has 3 aliphatic carbocycles. The first-order chi connectivity index (χ1) is 30.7. The quantitative estimate of drug-likeness (QED) is 0.158. The van der Waals surface area contributed by atoms with Gasteiger partial charge < -0.3 is 14.2 Å². The molecule has 0 N–H and O–H groups in total. The number of fused-ring (bicyclic) bond motifs is 4. The van der Waals surface area contributed by atoms with Crippen molar-refractivity contribution < 1.29 is 18.3 Å². The van der Waals surface area contributed by atoms with Gasteiger partial charge in [0.15, 0.2) is 5.82 Å². The molecule has 12 rings (SSSR count). The van der Waals surface area contributed by atoms with Crippen LogP contribution in [0.15, 0.2) is 71.9 Å². The van der Waals surface area contributed by atoms with Crippen molar-refractivity contribution in [2.24, 2.45) is 0 Å². The molecule has 12 nitrogen and oxygen atoms in total. The van der Waals surface area contributed by atoms with Gasteiger partial charge in [-0.3, -0.25) is 18.6 Å². The van der Waals surface area contributed by atoms with Gasteiger partial charge >= 0.3 is 5.69 Å². The molecule has 1 spiro atoms. The van der Waals surface area contributed by atoms with E-state index in [1.54, 1.807) is 60.0 Å². The summed E-state index contributed by atoms with van der Waals surface area (Å²) >= 11 is 0. The molecule has 14 heteroatoms. The van der Waals surface area contributed by atoms with Crippen molar-refractivity contribution >= 4 is 27.7 Å². The van der Waals surface area contributed by atoms with Crippen molar-refractivity contribution in [3.8, 4) is 23.3 Å². The number of carbonyl (C=O) groups excluding carboxylic acids is 1. The summed E-state index contributed by atoms with van der Waals surface area (Å²) in [6.45, 7) is 10.7. The number of aromatic nitrogens is 7. The van der Waals surface area contributed by atoms with Gasteiger partial charge in [-0.05, 0) is 145 Å². The molecule has 64 heavy (non-hydrogen) atoms. The first kappa shape index (κ1) is 39.3. The van der Waals surface area contributed by atoms with Crippen LogP contribution in [0.25, 0.3) is 39.0 Å². The molecule has 3 saturated carbocycles. The molecule has 0 unspecified atom stereocenters. The van der Waals surface area contributed by atoms with Crippen LogP contribution in [0.3, 0.4) is 0 Å². The van der Waals surface area contributed by atoms with E-state index < -0.39 is 28.5 Å². The van der Waals surface area contributed by atoms with Gasteiger partial charge in [-0.2, -0.15) is 15.5 Å². The number of halogens is 2. The Hall–Kier alpha value is -6.33. The van der Waals surface area contributed by atoms with Crippen molar-refractivity contribution in [3.05, 3.63) is 123 Å². The predicted molar refractivity (Wildman–Crippen MR) is 237 cm³/mol. The zero-order valence-electron chi connectivity index (χ0n) is 36.7. The molecule has 4 fully saturated rings. The molecule has 3 aromatic carbocycles. The minimum atomic E-state index is -0.819. The Labute approximate surface area is 368 Å². The molecule has 7 aromatic rings. The Morgan fingerprint density at radius 2 is 1.67 bits per heavy atom. The van der Waals surface area contributed by atoms with Crippen LogP contribution in [0.2, 0.25) is 0 Å². The molecule has 5 aliphatic rings. The number of carbonyl (C=O) groups is 1. The number of hydrogen-bond donors (Lipinski definition) is 0. The van der Waals surface area contributed by atoms with Gasteiger partial charge in [0, 0.05) is 53.4 Å². The van der Waals surface area contributed by atoms with Gasteiger partial charge in [0.25, 0.3) is 5.91 Å². The average molecular weight is 862 g/mol. The van der Waals surface area contributed by atoms with E-state index in [4.69, 9.17) is 9.84 Å². The van der Waals surface area contributed by atoms with E-state index in [-0.39, 0.29) is 23.4 Å². The smallest absolute Gasteiger partial charge is 0.338 e. The van der Waals surface area contributed by atoms with E-state index in [1.165, 1.54) is 20.8 Å². The highest BCUT2D eigenvalue weighted by atomic mass is 19.1. The van der Waals surface area contributed by atoms with Crippen LogP contribution < -0.4 is 5.69 Å². The number of ether oxygens (including phenoxy) is 1. The lowest BCUT2D eigenvalue weighted by atomic mass is 9.83. The van der Waals surface area contributed by atoms with Crippen LogP contribution in [0.4, 0.5) is 8.78 Å². The third kappa shape index (κ3) is 5.78. The number of nitrogens with zero attached hydrogens (tertiary/aromatic N) is 9. The van der Waals surface area contributed by atoms with Gasteiger partial charge in [-0.15, -0.1) is 0 Å². The zero-order chi connectivity index (χ0) is 44.2. The highest BCUT2D eigenvalue weighted by Gasteiger charge is 2.56. The van der Waals surface area contributed by atoms with E-state index in [1.807, 2.05) is 22.5 Å². The first-order valence-electron chi connectivity index (χ1n) is 22.6. The molecule has 1 amide bonds. The average Bonchev–Trinajstić information content (AvgIpc) is 4.24. The van der Waals surface area contributed by atoms with Crippen LogP contribution in [-0.4, -0.2) is 62.8 Å². The largest absolute Gasteiger partial charge is 0.376 e. The molecular weight excluding hydrogens is 813 g/mol. The van der Waals surface area contributed by atoms with Gasteiger partial charge in [0.1, 0.15) is 28.4 Å². The summed E-state index contributed by atoms with van der Waals surface area (Å²) in [5, 5.41) is 21.9. The number of nitriles is 1. The van der Waals surface area contributed by atoms with Crippen LogP contribution in [0.1, 0.15) is 129 Å². The summed E-state index contributed by atoms with van der Waals surface area (Å²) in [4.78, 5) is 32.2. The monoisotopic (exact) mass is 861 g/mol. The molecule has 326 valence electrons. The third-order valence-corrected chi connectivity index (χ3v) is 14.9. The summed E-state index contributed by atoms with van der Waals surface area (Å²) < 4.78 is 45.5. The van der Waals surface area contributed by atoms with Crippen LogP contribution in [0, 0.1) is 36.8 Å². The summed E-state index contributed by atoms with van der Waals surface area (Å²) in [5.41, 5.74) is 4.29. The number of benzene rings is 3.